The first-order chi connectivity index (χ1) is 9.79. The van der Waals surface area contributed by atoms with Crippen LogP contribution in [0.3, 0.4) is 0 Å². The third kappa shape index (κ3) is 2.81. The van der Waals surface area contributed by atoms with E-state index in [9.17, 15) is 30.1 Å². The second-order valence-electron chi connectivity index (χ2n) is 3.78. The molecule has 108 valence electrons. The van der Waals surface area contributed by atoms with Crippen LogP contribution < -0.4 is 5.73 Å². The van der Waals surface area contributed by atoms with Gasteiger partial charge in [-0.1, -0.05) is 0 Å². The van der Waals surface area contributed by atoms with Gasteiger partial charge in [0.15, 0.2) is 5.17 Å². The van der Waals surface area contributed by atoms with Gasteiger partial charge in [0.05, 0.1) is 20.8 Å². The Morgan fingerprint density at radius 1 is 1.29 bits per heavy atom. The molecule has 1 aromatic carbocycles. The number of aliphatic imine (C=N–C) groups is 1. The molecule has 1 heterocycles. The molecule has 1 aliphatic heterocycles. The number of nitrogens with zero attached hydrogens (tertiary/aromatic N) is 3. The average Bonchev–Trinajstić information content (AvgIpc) is 2.69. The van der Waals surface area contributed by atoms with Gasteiger partial charge >= 0.3 is 5.69 Å². The Balaban J connectivity index is 2.58. The van der Waals surface area contributed by atoms with Crippen molar-refractivity contribution in [2.24, 2.45) is 10.7 Å². The number of hydrogen-bond donors (Lipinski definition) is 2. The molecule has 0 atom stereocenters. The predicted octanol–water partition coefficient (Wildman–Crippen LogP) is 1.14. The highest BCUT2D eigenvalue weighted by Gasteiger charge is 2.25. The minimum absolute atomic E-state index is 0.00223. The molecule has 21 heavy (non-hydrogen) atoms. The van der Waals surface area contributed by atoms with E-state index >= 15 is 0 Å². The molecule has 0 saturated heterocycles. The molecule has 0 fully saturated rings. The number of nitro groups is 2. The number of phenols is 1. The average molecular weight is 310 g/mol. The number of non-ortho nitro benzene ring substituents is 1. The fourth-order valence-electron chi connectivity index (χ4n) is 1.55. The fraction of sp³-hybridized carbons (Fsp3) is 0. The molecular weight excluding hydrogens is 304 g/mol. The smallest absolute Gasteiger partial charge is 0.318 e. The minimum Gasteiger partial charge on any atom is -0.502 e. The molecule has 2 rings (SSSR count). The number of benzene rings is 1. The SMILES string of the molecule is NC1=NC(=O)C(=Cc2cc([N+](=O)[O-])cc([N+](=O)[O-])c2O)S1. The summed E-state index contributed by atoms with van der Waals surface area (Å²) >= 11 is 0.794. The lowest BCUT2D eigenvalue weighted by Crippen LogP contribution is -2.01. The third-order valence-electron chi connectivity index (χ3n) is 2.44. The number of nitrogens with two attached hydrogens (primary N) is 1. The van der Waals surface area contributed by atoms with Gasteiger partial charge in [-0.2, -0.15) is 4.99 Å². The van der Waals surface area contributed by atoms with Crippen molar-refractivity contribution in [3.05, 3.63) is 42.8 Å². The molecule has 0 saturated carbocycles. The Morgan fingerprint density at radius 3 is 2.43 bits per heavy atom. The normalized spacial score (nSPS) is 16.1. The molecule has 0 unspecified atom stereocenters. The molecule has 0 aliphatic carbocycles. The topological polar surface area (TPSA) is 162 Å². The largest absolute Gasteiger partial charge is 0.502 e. The first-order valence-corrected chi connectivity index (χ1v) is 6.05. The lowest BCUT2D eigenvalue weighted by molar-refractivity contribution is -0.394. The summed E-state index contributed by atoms with van der Waals surface area (Å²) in [5.41, 5.74) is 3.68. The summed E-state index contributed by atoms with van der Waals surface area (Å²) in [6.45, 7) is 0. The standard InChI is InChI=1S/C10H6N4O6S/c11-10-12-9(16)7(21-10)2-4-1-5(13(17)18)3-6(8(4)15)14(19)20/h1-3,15H,(H2,11,12,16). The maximum absolute atomic E-state index is 11.4. The Hall–Kier alpha value is -2.95. The number of amidine groups is 1. The number of amides is 1. The highest BCUT2D eigenvalue weighted by molar-refractivity contribution is 8.18. The quantitative estimate of drug-likeness (QED) is 0.477. The lowest BCUT2D eigenvalue weighted by Gasteiger charge is -2.02. The van der Waals surface area contributed by atoms with E-state index in [1.807, 2.05) is 0 Å². The van der Waals surface area contributed by atoms with E-state index in [2.05, 4.69) is 4.99 Å². The summed E-state index contributed by atoms with van der Waals surface area (Å²) < 4.78 is 0. The molecule has 11 heteroatoms. The first-order valence-electron chi connectivity index (χ1n) is 5.23. The van der Waals surface area contributed by atoms with E-state index in [1.54, 1.807) is 0 Å². The van der Waals surface area contributed by atoms with E-state index in [0.29, 0.717) is 6.07 Å². The van der Waals surface area contributed by atoms with Crippen molar-refractivity contribution in [1.82, 2.24) is 0 Å². The van der Waals surface area contributed by atoms with E-state index < -0.39 is 32.9 Å². The number of nitro benzene ring substituents is 2. The van der Waals surface area contributed by atoms with Gasteiger partial charge in [0.1, 0.15) is 0 Å². The summed E-state index contributed by atoms with van der Waals surface area (Å²) in [6.07, 6.45) is 1.06. The minimum atomic E-state index is -0.960. The maximum Gasteiger partial charge on any atom is 0.318 e. The van der Waals surface area contributed by atoms with Crippen molar-refractivity contribution >= 4 is 40.3 Å². The first kappa shape index (κ1) is 14.5. The predicted molar refractivity (Wildman–Crippen MR) is 73.6 cm³/mol. The van der Waals surface area contributed by atoms with Crippen LogP contribution >= 0.6 is 11.8 Å². The van der Waals surface area contributed by atoms with Crippen LogP contribution in [0.15, 0.2) is 22.0 Å². The van der Waals surface area contributed by atoms with Crippen LogP contribution in [0.25, 0.3) is 6.08 Å². The summed E-state index contributed by atoms with van der Waals surface area (Å²) in [5.74, 6) is -1.47. The number of phenolic OH excluding ortho intramolecular Hbond substituents is 1. The third-order valence-corrected chi connectivity index (χ3v) is 3.25. The molecule has 3 N–H and O–H groups in total. The number of carbonyl (C=O) groups excluding carboxylic acids is 1. The van der Waals surface area contributed by atoms with Gasteiger partial charge in [0, 0.05) is 11.6 Å². The number of rotatable bonds is 3. The van der Waals surface area contributed by atoms with Crippen LogP contribution in [0.4, 0.5) is 11.4 Å². The van der Waals surface area contributed by atoms with Crippen LogP contribution in [0, 0.1) is 20.2 Å². The second kappa shape index (κ2) is 5.20. The number of aromatic hydroxyl groups is 1. The van der Waals surface area contributed by atoms with Crippen LogP contribution in [0.5, 0.6) is 5.75 Å². The monoisotopic (exact) mass is 310 g/mol. The Labute approximate surface area is 120 Å². The number of thioether (sulfide) groups is 1. The number of carbonyl (C=O) groups is 1. The summed E-state index contributed by atoms with van der Waals surface area (Å²) in [4.78, 5) is 34.6. The molecule has 0 radical (unpaired) electrons. The molecule has 0 aromatic heterocycles. The fourth-order valence-corrected chi connectivity index (χ4v) is 2.22. The van der Waals surface area contributed by atoms with Crippen molar-refractivity contribution in [2.75, 3.05) is 0 Å². The Bertz CT molecular complexity index is 741. The summed E-state index contributed by atoms with van der Waals surface area (Å²) in [6, 6.07) is 1.55. The number of hydrogen-bond acceptors (Lipinski definition) is 8. The van der Waals surface area contributed by atoms with Crippen molar-refractivity contribution in [3.63, 3.8) is 0 Å². The highest BCUT2D eigenvalue weighted by atomic mass is 32.2. The van der Waals surface area contributed by atoms with Gasteiger partial charge in [0.25, 0.3) is 11.6 Å². The van der Waals surface area contributed by atoms with Crippen molar-refractivity contribution in [3.8, 4) is 5.75 Å². The molecule has 0 spiro atoms. The molecule has 1 aromatic rings. The molecule has 10 nitrogen and oxygen atoms in total. The van der Waals surface area contributed by atoms with Crippen molar-refractivity contribution < 1.29 is 19.7 Å². The van der Waals surface area contributed by atoms with E-state index in [1.165, 1.54) is 0 Å². The zero-order valence-electron chi connectivity index (χ0n) is 10.0. The lowest BCUT2D eigenvalue weighted by atomic mass is 10.1. The molecule has 1 amide bonds. The summed E-state index contributed by atoms with van der Waals surface area (Å²) in [7, 11) is 0. The Morgan fingerprint density at radius 2 is 1.95 bits per heavy atom. The second-order valence-corrected chi connectivity index (χ2v) is 4.85. The molecule has 0 bridgehead atoms. The van der Waals surface area contributed by atoms with Gasteiger partial charge in [-0.15, -0.1) is 0 Å². The van der Waals surface area contributed by atoms with Crippen LogP contribution in [0.1, 0.15) is 5.56 Å². The van der Waals surface area contributed by atoms with Crippen molar-refractivity contribution in [1.29, 1.82) is 0 Å². The molecule has 1 aliphatic rings. The van der Waals surface area contributed by atoms with Crippen LogP contribution in [-0.4, -0.2) is 26.0 Å². The zero-order valence-corrected chi connectivity index (χ0v) is 10.9. The molecular formula is C10H6N4O6S. The summed E-state index contributed by atoms with van der Waals surface area (Å²) in [5, 5.41) is 31.3. The van der Waals surface area contributed by atoms with Gasteiger partial charge in [-0.3, -0.25) is 25.0 Å². The van der Waals surface area contributed by atoms with Gasteiger partial charge in [0.2, 0.25) is 5.75 Å². The van der Waals surface area contributed by atoms with E-state index in [4.69, 9.17) is 5.73 Å². The van der Waals surface area contributed by atoms with Gasteiger partial charge < -0.3 is 10.8 Å². The van der Waals surface area contributed by atoms with E-state index in [-0.39, 0.29) is 15.6 Å². The Kier molecular flexibility index (Phi) is 3.58. The van der Waals surface area contributed by atoms with Crippen LogP contribution in [-0.2, 0) is 4.79 Å². The van der Waals surface area contributed by atoms with Gasteiger partial charge in [-0.05, 0) is 17.8 Å². The maximum atomic E-state index is 11.4. The highest BCUT2D eigenvalue weighted by Crippen LogP contribution is 2.37. The van der Waals surface area contributed by atoms with Crippen LogP contribution in [0.2, 0.25) is 0 Å². The van der Waals surface area contributed by atoms with Crippen molar-refractivity contribution in [2.45, 2.75) is 0 Å². The van der Waals surface area contributed by atoms with Gasteiger partial charge in [-0.25, -0.2) is 0 Å². The van der Waals surface area contributed by atoms with E-state index in [0.717, 1.165) is 23.9 Å². The zero-order chi connectivity index (χ0) is 15.7.